The number of methoxy groups -OCH3 is 1. The van der Waals surface area contributed by atoms with Gasteiger partial charge in [-0.2, -0.15) is 0 Å². The van der Waals surface area contributed by atoms with Gasteiger partial charge in [0.25, 0.3) is 0 Å². The van der Waals surface area contributed by atoms with Crippen molar-refractivity contribution in [2.45, 2.75) is 18.9 Å². The Labute approximate surface area is 116 Å². The second kappa shape index (κ2) is 6.18. The summed E-state index contributed by atoms with van der Waals surface area (Å²) in [6, 6.07) is 9.05. The number of rotatable bonds is 4. The van der Waals surface area contributed by atoms with Crippen molar-refractivity contribution in [1.29, 1.82) is 0 Å². The van der Waals surface area contributed by atoms with Crippen molar-refractivity contribution in [3.63, 3.8) is 0 Å². The van der Waals surface area contributed by atoms with Gasteiger partial charge >= 0.3 is 11.9 Å². The largest absolute Gasteiger partial charge is 0.464 e. The molecule has 2 atom stereocenters. The van der Waals surface area contributed by atoms with Gasteiger partial charge in [-0.1, -0.05) is 35.5 Å². The molecule has 1 aliphatic heterocycles. The van der Waals surface area contributed by atoms with E-state index in [1.165, 1.54) is 7.11 Å². The Bertz CT molecular complexity index is 526. The van der Waals surface area contributed by atoms with E-state index in [1.807, 2.05) is 18.2 Å². The van der Waals surface area contributed by atoms with Crippen LogP contribution in [0.15, 0.2) is 35.5 Å². The molecule has 2 rings (SSSR count). The lowest BCUT2D eigenvalue weighted by molar-refractivity contribution is -0.155. The molecule has 20 heavy (non-hydrogen) atoms. The molecule has 0 amide bonds. The molecule has 1 aromatic rings. The fourth-order valence-electron chi connectivity index (χ4n) is 2.04. The number of oxime groups is 1. The lowest BCUT2D eigenvalue weighted by atomic mass is 9.89. The molecule has 1 aromatic carbocycles. The number of benzene rings is 1. The smallest absolute Gasteiger partial charge is 0.356 e. The maximum absolute atomic E-state index is 11.9. The van der Waals surface area contributed by atoms with Crippen molar-refractivity contribution < 1.29 is 23.9 Å². The molecule has 0 aromatic heterocycles. The molecule has 0 aliphatic carbocycles. The SMILES string of the molecule is CCOC(=O)[C@H]1ON=C(C(=O)OC)[C@@H]1c1ccccc1. The van der Waals surface area contributed by atoms with Crippen LogP contribution in [-0.4, -0.2) is 37.5 Å². The molecule has 6 heteroatoms. The lowest BCUT2D eigenvalue weighted by Crippen LogP contribution is -2.34. The average Bonchev–Trinajstić information content (AvgIpc) is 2.92. The highest BCUT2D eigenvalue weighted by Gasteiger charge is 2.44. The van der Waals surface area contributed by atoms with Gasteiger partial charge in [-0.25, -0.2) is 9.59 Å². The van der Waals surface area contributed by atoms with Crippen LogP contribution in [-0.2, 0) is 23.9 Å². The minimum absolute atomic E-state index is 0.0664. The number of carbonyl (C=O) groups excluding carboxylic acids is 2. The van der Waals surface area contributed by atoms with E-state index in [4.69, 9.17) is 9.57 Å². The zero-order valence-corrected chi connectivity index (χ0v) is 11.2. The topological polar surface area (TPSA) is 74.2 Å². The number of ether oxygens (including phenoxy) is 2. The minimum atomic E-state index is -0.966. The predicted molar refractivity (Wildman–Crippen MR) is 70.1 cm³/mol. The third kappa shape index (κ3) is 2.64. The normalized spacial score (nSPS) is 20.8. The molecule has 0 N–H and O–H groups in total. The van der Waals surface area contributed by atoms with Gasteiger partial charge in [-0.15, -0.1) is 0 Å². The summed E-state index contributed by atoms with van der Waals surface area (Å²) in [6.07, 6.45) is -0.966. The number of nitrogens with zero attached hydrogens (tertiary/aromatic N) is 1. The fourth-order valence-corrected chi connectivity index (χ4v) is 2.04. The Balaban J connectivity index is 2.33. The number of carbonyl (C=O) groups is 2. The van der Waals surface area contributed by atoms with Crippen molar-refractivity contribution in [3.8, 4) is 0 Å². The van der Waals surface area contributed by atoms with E-state index in [0.29, 0.717) is 0 Å². The van der Waals surface area contributed by atoms with Crippen LogP contribution in [0.2, 0.25) is 0 Å². The third-order valence-corrected chi connectivity index (χ3v) is 2.93. The Hall–Kier alpha value is -2.37. The second-order valence-electron chi connectivity index (χ2n) is 4.13. The van der Waals surface area contributed by atoms with E-state index in [0.717, 1.165) is 5.56 Å². The quantitative estimate of drug-likeness (QED) is 0.775. The molecule has 0 unspecified atom stereocenters. The maximum Gasteiger partial charge on any atom is 0.356 e. The highest BCUT2D eigenvalue weighted by atomic mass is 16.7. The summed E-state index contributed by atoms with van der Waals surface area (Å²) in [5, 5.41) is 3.69. The molecule has 0 radical (unpaired) electrons. The summed E-state index contributed by atoms with van der Waals surface area (Å²) in [5.74, 6) is -1.79. The summed E-state index contributed by atoms with van der Waals surface area (Å²) >= 11 is 0. The van der Waals surface area contributed by atoms with Crippen molar-refractivity contribution in [3.05, 3.63) is 35.9 Å². The van der Waals surface area contributed by atoms with E-state index in [-0.39, 0.29) is 12.3 Å². The molecule has 0 spiro atoms. The maximum atomic E-state index is 11.9. The van der Waals surface area contributed by atoms with Gasteiger partial charge in [0, 0.05) is 0 Å². The molecule has 0 saturated heterocycles. The van der Waals surface area contributed by atoms with E-state index < -0.39 is 24.0 Å². The van der Waals surface area contributed by atoms with Crippen LogP contribution >= 0.6 is 0 Å². The van der Waals surface area contributed by atoms with Gasteiger partial charge in [0.1, 0.15) is 0 Å². The van der Waals surface area contributed by atoms with Crippen LogP contribution < -0.4 is 0 Å². The van der Waals surface area contributed by atoms with Gasteiger partial charge in [0.2, 0.25) is 6.10 Å². The summed E-state index contributed by atoms with van der Waals surface area (Å²) in [5.41, 5.74) is 0.809. The first-order valence-electron chi connectivity index (χ1n) is 6.22. The van der Waals surface area contributed by atoms with Gasteiger partial charge in [0.15, 0.2) is 5.71 Å². The van der Waals surface area contributed by atoms with Gasteiger partial charge in [0.05, 0.1) is 19.6 Å². The van der Waals surface area contributed by atoms with Crippen LogP contribution in [0.5, 0.6) is 0 Å². The summed E-state index contributed by atoms with van der Waals surface area (Å²) in [6.45, 7) is 1.93. The Morgan fingerprint density at radius 2 is 2.00 bits per heavy atom. The highest BCUT2D eigenvalue weighted by Crippen LogP contribution is 2.30. The molecule has 1 aliphatic rings. The second-order valence-corrected chi connectivity index (χ2v) is 4.13. The van der Waals surface area contributed by atoms with Crippen molar-refractivity contribution in [2.24, 2.45) is 5.16 Å². The van der Waals surface area contributed by atoms with Crippen molar-refractivity contribution in [1.82, 2.24) is 0 Å². The van der Waals surface area contributed by atoms with Crippen molar-refractivity contribution in [2.75, 3.05) is 13.7 Å². The molecule has 106 valence electrons. The van der Waals surface area contributed by atoms with Crippen LogP contribution in [0.4, 0.5) is 0 Å². The number of hydrogen-bond donors (Lipinski definition) is 0. The Morgan fingerprint density at radius 1 is 1.30 bits per heavy atom. The first kappa shape index (κ1) is 14.0. The molecule has 6 nitrogen and oxygen atoms in total. The molecular weight excluding hydrogens is 262 g/mol. The molecule has 1 heterocycles. The van der Waals surface area contributed by atoms with Crippen LogP contribution in [0.25, 0.3) is 0 Å². The van der Waals surface area contributed by atoms with Crippen LogP contribution in [0, 0.1) is 0 Å². The Kier molecular flexibility index (Phi) is 4.34. The third-order valence-electron chi connectivity index (χ3n) is 2.93. The van der Waals surface area contributed by atoms with Crippen molar-refractivity contribution >= 4 is 17.7 Å². The van der Waals surface area contributed by atoms with E-state index >= 15 is 0 Å². The number of esters is 2. The van der Waals surface area contributed by atoms with E-state index in [9.17, 15) is 9.59 Å². The fraction of sp³-hybridized carbons (Fsp3) is 0.357. The van der Waals surface area contributed by atoms with Crippen LogP contribution in [0.1, 0.15) is 18.4 Å². The summed E-state index contributed by atoms with van der Waals surface area (Å²) < 4.78 is 9.62. The first-order valence-corrected chi connectivity index (χ1v) is 6.22. The summed E-state index contributed by atoms with van der Waals surface area (Å²) in [4.78, 5) is 28.7. The van der Waals surface area contributed by atoms with Gasteiger partial charge in [-0.3, -0.25) is 0 Å². The van der Waals surface area contributed by atoms with Gasteiger partial charge < -0.3 is 14.3 Å². The monoisotopic (exact) mass is 277 g/mol. The van der Waals surface area contributed by atoms with Crippen LogP contribution in [0.3, 0.4) is 0 Å². The highest BCUT2D eigenvalue weighted by molar-refractivity contribution is 6.39. The first-order chi connectivity index (χ1) is 9.69. The molecular formula is C14H15NO5. The predicted octanol–water partition coefficient (Wildman–Crippen LogP) is 1.26. The Morgan fingerprint density at radius 3 is 2.60 bits per heavy atom. The van der Waals surface area contributed by atoms with Gasteiger partial charge in [-0.05, 0) is 12.5 Å². The lowest BCUT2D eigenvalue weighted by Gasteiger charge is -2.17. The van der Waals surface area contributed by atoms with E-state index in [2.05, 4.69) is 9.89 Å². The zero-order chi connectivity index (χ0) is 14.5. The number of hydrogen-bond acceptors (Lipinski definition) is 6. The standard InChI is InChI=1S/C14H15NO5/c1-3-19-14(17)12-10(9-7-5-4-6-8-9)11(15-20-12)13(16)18-2/h4-8,10,12H,3H2,1-2H3/t10-,12-/m0/s1. The average molecular weight is 277 g/mol. The molecule has 0 fully saturated rings. The molecule has 0 bridgehead atoms. The summed E-state index contributed by atoms with van der Waals surface area (Å²) in [7, 11) is 1.25. The molecule has 0 saturated carbocycles. The van der Waals surface area contributed by atoms with E-state index in [1.54, 1.807) is 19.1 Å². The zero-order valence-electron chi connectivity index (χ0n) is 11.2. The minimum Gasteiger partial charge on any atom is -0.464 e.